The molecule has 0 amide bonds. The van der Waals surface area contributed by atoms with Gasteiger partial charge in [0.25, 0.3) is 0 Å². The first kappa shape index (κ1) is 13.7. The van der Waals surface area contributed by atoms with E-state index in [9.17, 15) is 8.78 Å². The van der Waals surface area contributed by atoms with Gasteiger partial charge < -0.3 is 0 Å². The van der Waals surface area contributed by atoms with Gasteiger partial charge in [-0.15, -0.1) is 18.2 Å². The average molecular weight is 433 g/mol. The predicted octanol–water partition coefficient (Wildman–Crippen LogP) is 3.37. The molecule has 1 aromatic heterocycles. The van der Waals surface area contributed by atoms with Crippen LogP contribution in [0.5, 0.6) is 0 Å². The molecular formula is C14H7F2IrN2-. The van der Waals surface area contributed by atoms with Crippen LogP contribution in [0.2, 0.25) is 0 Å². The summed E-state index contributed by atoms with van der Waals surface area (Å²) in [6, 6.07) is 11.6. The zero-order chi connectivity index (χ0) is 12.5. The van der Waals surface area contributed by atoms with Gasteiger partial charge in [0.05, 0.1) is 5.52 Å². The van der Waals surface area contributed by atoms with Gasteiger partial charge in [-0.3, -0.25) is 9.37 Å². The Bertz CT molecular complexity index is 726. The van der Waals surface area contributed by atoms with Crippen molar-refractivity contribution in [3.8, 4) is 11.3 Å². The molecular weight excluding hydrogens is 426 g/mol. The second-order valence-corrected chi connectivity index (χ2v) is 3.77. The molecule has 0 saturated heterocycles. The first-order chi connectivity index (χ1) is 8.75. The fourth-order valence-electron chi connectivity index (χ4n) is 1.83. The normalized spacial score (nSPS) is 10.2. The van der Waals surface area contributed by atoms with Crippen LogP contribution in [0.25, 0.3) is 22.2 Å². The SMILES string of the molecule is Fc1[c-]c(-c2ncnc3ccccc23)c(F)cc1.[Ir]. The minimum Gasteiger partial charge on any atom is -0.285 e. The smallest absolute Gasteiger partial charge is 0.106 e. The summed E-state index contributed by atoms with van der Waals surface area (Å²) >= 11 is 0. The van der Waals surface area contributed by atoms with Crippen LogP contribution in [0.3, 0.4) is 0 Å². The van der Waals surface area contributed by atoms with Crippen LogP contribution in [0.1, 0.15) is 0 Å². The van der Waals surface area contributed by atoms with E-state index >= 15 is 0 Å². The summed E-state index contributed by atoms with van der Waals surface area (Å²) in [7, 11) is 0. The summed E-state index contributed by atoms with van der Waals surface area (Å²) < 4.78 is 26.9. The van der Waals surface area contributed by atoms with E-state index in [4.69, 9.17) is 0 Å². The number of hydrogen-bond donors (Lipinski definition) is 0. The molecule has 3 aromatic rings. The van der Waals surface area contributed by atoms with Crippen molar-refractivity contribution in [2.24, 2.45) is 0 Å². The second-order valence-electron chi connectivity index (χ2n) is 3.77. The first-order valence-corrected chi connectivity index (χ1v) is 5.33. The van der Waals surface area contributed by atoms with Gasteiger partial charge in [0.2, 0.25) is 0 Å². The third-order valence-corrected chi connectivity index (χ3v) is 2.64. The van der Waals surface area contributed by atoms with Crippen molar-refractivity contribution in [3.05, 3.63) is 60.4 Å². The Hall–Kier alpha value is -1.71. The molecule has 0 aliphatic rings. The van der Waals surface area contributed by atoms with Crippen molar-refractivity contribution in [3.63, 3.8) is 0 Å². The van der Waals surface area contributed by atoms with Crippen LogP contribution in [0.4, 0.5) is 8.78 Å². The number of hydrogen-bond acceptors (Lipinski definition) is 2. The molecule has 0 atom stereocenters. The minimum atomic E-state index is -0.617. The molecule has 5 heteroatoms. The summed E-state index contributed by atoms with van der Waals surface area (Å²) in [6.07, 6.45) is 1.33. The van der Waals surface area contributed by atoms with Crippen LogP contribution in [0, 0.1) is 17.7 Å². The van der Waals surface area contributed by atoms with E-state index in [1.807, 2.05) is 6.07 Å². The zero-order valence-corrected chi connectivity index (χ0v) is 11.9. The first-order valence-electron chi connectivity index (χ1n) is 5.33. The summed E-state index contributed by atoms with van der Waals surface area (Å²) in [5.41, 5.74) is 1.05. The van der Waals surface area contributed by atoms with Gasteiger partial charge >= 0.3 is 0 Å². The van der Waals surface area contributed by atoms with Gasteiger partial charge in [-0.1, -0.05) is 23.8 Å². The van der Waals surface area contributed by atoms with Crippen LogP contribution in [-0.4, -0.2) is 9.97 Å². The summed E-state index contributed by atoms with van der Waals surface area (Å²) in [4.78, 5) is 8.11. The van der Waals surface area contributed by atoms with Crippen LogP contribution in [-0.2, 0) is 20.1 Å². The van der Waals surface area contributed by atoms with Gasteiger partial charge in [-0.2, -0.15) is 0 Å². The van der Waals surface area contributed by atoms with E-state index < -0.39 is 11.6 Å². The molecule has 3 rings (SSSR count). The van der Waals surface area contributed by atoms with Gasteiger partial charge in [-0.25, -0.2) is 9.37 Å². The molecule has 2 aromatic carbocycles. The number of aromatic nitrogens is 2. The van der Waals surface area contributed by atoms with Crippen LogP contribution >= 0.6 is 0 Å². The maximum Gasteiger partial charge on any atom is 0.106 e. The van der Waals surface area contributed by atoms with Gasteiger partial charge in [0, 0.05) is 37.4 Å². The van der Waals surface area contributed by atoms with Crippen molar-refractivity contribution in [2.75, 3.05) is 0 Å². The molecule has 97 valence electrons. The maximum absolute atomic E-state index is 13.7. The summed E-state index contributed by atoms with van der Waals surface area (Å²) in [5.74, 6) is -1.17. The van der Waals surface area contributed by atoms with Gasteiger partial charge in [0.1, 0.15) is 6.33 Å². The molecule has 0 aliphatic carbocycles. The molecule has 0 spiro atoms. The Morgan fingerprint density at radius 2 is 1.74 bits per heavy atom. The topological polar surface area (TPSA) is 25.8 Å². The van der Waals surface area contributed by atoms with E-state index in [0.717, 1.165) is 12.1 Å². The monoisotopic (exact) mass is 434 g/mol. The molecule has 1 radical (unpaired) electrons. The van der Waals surface area contributed by atoms with E-state index in [-0.39, 0.29) is 25.7 Å². The third-order valence-electron chi connectivity index (χ3n) is 2.64. The zero-order valence-electron chi connectivity index (χ0n) is 9.53. The van der Waals surface area contributed by atoms with Crippen LogP contribution in [0.15, 0.2) is 42.7 Å². The van der Waals surface area contributed by atoms with Crippen molar-refractivity contribution in [1.82, 2.24) is 9.97 Å². The molecule has 0 aliphatic heterocycles. The van der Waals surface area contributed by atoms with E-state index in [1.54, 1.807) is 18.2 Å². The minimum absolute atomic E-state index is 0. The molecule has 2 nitrogen and oxygen atoms in total. The fourth-order valence-corrected chi connectivity index (χ4v) is 1.83. The van der Waals surface area contributed by atoms with E-state index in [1.165, 1.54) is 6.33 Å². The molecule has 0 fully saturated rings. The number of nitrogens with zero attached hydrogens (tertiary/aromatic N) is 2. The second kappa shape index (κ2) is 5.51. The summed E-state index contributed by atoms with van der Waals surface area (Å²) in [6.45, 7) is 0. The Balaban J connectivity index is 0.00000133. The Morgan fingerprint density at radius 1 is 0.947 bits per heavy atom. The summed E-state index contributed by atoms with van der Waals surface area (Å²) in [5, 5.41) is 0.667. The van der Waals surface area contributed by atoms with Crippen molar-refractivity contribution >= 4 is 10.9 Å². The Kier molecular flexibility index (Phi) is 3.98. The van der Waals surface area contributed by atoms with Crippen molar-refractivity contribution in [2.45, 2.75) is 0 Å². The van der Waals surface area contributed by atoms with E-state index in [2.05, 4.69) is 16.0 Å². The molecule has 1 heterocycles. The number of fused-ring (bicyclic) bond motifs is 1. The quantitative estimate of drug-likeness (QED) is 0.550. The largest absolute Gasteiger partial charge is 0.285 e. The van der Waals surface area contributed by atoms with Gasteiger partial charge in [0.15, 0.2) is 0 Å². The molecule has 19 heavy (non-hydrogen) atoms. The predicted molar refractivity (Wildman–Crippen MR) is 63.7 cm³/mol. The van der Waals surface area contributed by atoms with Crippen molar-refractivity contribution in [1.29, 1.82) is 0 Å². The van der Waals surface area contributed by atoms with Crippen LogP contribution < -0.4 is 0 Å². The molecule has 0 bridgehead atoms. The Labute approximate surface area is 121 Å². The fraction of sp³-hybridized carbons (Fsp3) is 0. The molecule has 0 unspecified atom stereocenters. The molecule has 0 N–H and O–H groups in total. The number of para-hydroxylation sites is 1. The standard InChI is InChI=1S/C14H7F2N2.Ir/c15-9-5-6-12(16)11(7-9)14-10-3-1-2-4-13(10)17-8-18-14;/h1-6,8H;/q-1;. The number of rotatable bonds is 1. The average Bonchev–Trinajstić information content (AvgIpc) is 2.41. The Morgan fingerprint density at radius 3 is 2.58 bits per heavy atom. The number of benzene rings is 2. The maximum atomic E-state index is 13.7. The van der Waals surface area contributed by atoms with E-state index in [0.29, 0.717) is 16.6 Å². The van der Waals surface area contributed by atoms with Crippen molar-refractivity contribution < 1.29 is 28.9 Å². The third kappa shape index (κ3) is 2.53. The molecule has 0 saturated carbocycles. The van der Waals surface area contributed by atoms with Gasteiger partial charge in [-0.05, 0) is 11.5 Å². The number of halogens is 2.